The average molecular weight is 467 g/mol. The van der Waals surface area contributed by atoms with Crippen molar-refractivity contribution in [1.82, 2.24) is 9.88 Å². The molecule has 5 rings (SSSR count). The Bertz CT molecular complexity index is 1250. The van der Waals surface area contributed by atoms with Crippen LogP contribution in [0.2, 0.25) is 0 Å². The first-order valence-electron chi connectivity index (χ1n) is 12.8. The Labute approximate surface area is 210 Å². The third kappa shape index (κ3) is 4.44. The zero-order valence-corrected chi connectivity index (χ0v) is 21.9. The van der Waals surface area contributed by atoms with Gasteiger partial charge in [0.1, 0.15) is 11.8 Å². The number of para-hydroxylation sites is 1. The van der Waals surface area contributed by atoms with Crippen molar-refractivity contribution < 1.29 is 4.74 Å². The number of hydrogen-bond donors (Lipinski definition) is 1. The van der Waals surface area contributed by atoms with Crippen LogP contribution in [-0.4, -0.2) is 29.2 Å². The van der Waals surface area contributed by atoms with Gasteiger partial charge in [0.25, 0.3) is 0 Å². The van der Waals surface area contributed by atoms with Crippen LogP contribution in [0, 0.1) is 19.3 Å². The molecule has 35 heavy (non-hydrogen) atoms. The zero-order valence-electron chi connectivity index (χ0n) is 21.9. The van der Waals surface area contributed by atoms with Crippen molar-refractivity contribution in [3.63, 3.8) is 0 Å². The number of benzene rings is 3. The fourth-order valence-electron chi connectivity index (χ4n) is 5.66. The lowest BCUT2D eigenvalue weighted by molar-refractivity contribution is -0.0553. The van der Waals surface area contributed by atoms with E-state index in [1.807, 2.05) is 0 Å². The summed E-state index contributed by atoms with van der Waals surface area (Å²) in [6.07, 6.45) is 4.06. The van der Waals surface area contributed by atoms with Gasteiger partial charge in [-0.3, -0.25) is 4.90 Å². The molecule has 0 spiro atoms. The Kier molecular flexibility index (Phi) is 6.11. The summed E-state index contributed by atoms with van der Waals surface area (Å²) in [6, 6.07) is 26.7. The van der Waals surface area contributed by atoms with Gasteiger partial charge in [0, 0.05) is 17.1 Å². The van der Waals surface area contributed by atoms with Crippen molar-refractivity contribution in [2.75, 3.05) is 7.05 Å². The van der Waals surface area contributed by atoms with Crippen molar-refractivity contribution in [2.45, 2.75) is 65.3 Å². The van der Waals surface area contributed by atoms with Gasteiger partial charge in [0.15, 0.2) is 0 Å². The number of aryl methyl sites for hydroxylation is 2. The van der Waals surface area contributed by atoms with Crippen LogP contribution >= 0.6 is 0 Å². The molecule has 0 aliphatic carbocycles. The van der Waals surface area contributed by atoms with Crippen LogP contribution in [0.4, 0.5) is 0 Å². The van der Waals surface area contributed by atoms with Crippen LogP contribution in [0.15, 0.2) is 79.0 Å². The molecule has 0 bridgehead atoms. The van der Waals surface area contributed by atoms with Gasteiger partial charge in [0.2, 0.25) is 0 Å². The topological polar surface area (TPSA) is 28.3 Å². The highest BCUT2D eigenvalue weighted by Gasteiger charge is 2.54. The molecule has 1 saturated heterocycles. The molecule has 3 aromatic carbocycles. The van der Waals surface area contributed by atoms with Gasteiger partial charge < -0.3 is 9.72 Å². The minimum Gasteiger partial charge on any atom is -0.361 e. The number of aromatic nitrogens is 1. The number of H-pyrrole nitrogens is 1. The number of aromatic amines is 1. The number of rotatable bonds is 5. The second-order valence-electron chi connectivity index (χ2n) is 11.5. The minimum absolute atomic E-state index is 0.0211. The van der Waals surface area contributed by atoms with Gasteiger partial charge in [-0.2, -0.15) is 0 Å². The average Bonchev–Trinajstić information content (AvgIpc) is 3.34. The highest BCUT2D eigenvalue weighted by molar-refractivity contribution is 5.83. The molecular weight excluding hydrogens is 428 g/mol. The van der Waals surface area contributed by atoms with E-state index < -0.39 is 5.60 Å². The molecule has 3 nitrogen and oxygen atoms in total. The molecule has 1 aliphatic rings. The molecule has 2 atom stereocenters. The van der Waals surface area contributed by atoms with Gasteiger partial charge in [-0.05, 0) is 61.9 Å². The molecule has 0 unspecified atom stereocenters. The summed E-state index contributed by atoms with van der Waals surface area (Å²) in [6.45, 7) is 11.2. The molecule has 3 heteroatoms. The van der Waals surface area contributed by atoms with Crippen LogP contribution in [0.25, 0.3) is 10.9 Å². The van der Waals surface area contributed by atoms with Crippen LogP contribution < -0.4 is 0 Å². The maximum Gasteiger partial charge on any atom is 0.136 e. The molecule has 4 aromatic rings. The van der Waals surface area contributed by atoms with E-state index in [1.54, 1.807) is 0 Å². The number of ether oxygens (including phenoxy) is 1. The Morgan fingerprint density at radius 3 is 2.00 bits per heavy atom. The first kappa shape index (κ1) is 23.8. The number of nitrogens with zero attached hydrogens (tertiary/aromatic N) is 1. The van der Waals surface area contributed by atoms with Crippen molar-refractivity contribution in [3.8, 4) is 0 Å². The zero-order chi connectivity index (χ0) is 24.8. The summed E-state index contributed by atoms with van der Waals surface area (Å²) in [5.41, 5.74) is 7.08. The SMILES string of the molecule is Cc1ccc(C2(c3ccc(C)cc3)O[C@@H](CC(C)(C)C)N(C)[C@H]2Cc2c[nH]c3ccccc23)cc1. The first-order valence-corrected chi connectivity index (χ1v) is 12.8. The lowest BCUT2D eigenvalue weighted by atomic mass is 9.77. The lowest BCUT2D eigenvalue weighted by Crippen LogP contribution is -2.45. The van der Waals surface area contributed by atoms with E-state index in [0.29, 0.717) is 0 Å². The Balaban J connectivity index is 1.69. The lowest BCUT2D eigenvalue weighted by Gasteiger charge is -2.37. The summed E-state index contributed by atoms with van der Waals surface area (Å²) < 4.78 is 7.28. The number of nitrogens with one attached hydrogen (secondary N) is 1. The van der Waals surface area contributed by atoms with Crippen molar-refractivity contribution in [2.24, 2.45) is 5.41 Å². The molecule has 0 radical (unpaired) electrons. The molecular formula is C32H38N2O. The maximum atomic E-state index is 7.28. The quantitative estimate of drug-likeness (QED) is 0.333. The molecule has 1 fully saturated rings. The summed E-state index contributed by atoms with van der Waals surface area (Å²) >= 11 is 0. The summed E-state index contributed by atoms with van der Waals surface area (Å²) in [5.74, 6) is 0. The Hall–Kier alpha value is -2.88. The van der Waals surface area contributed by atoms with E-state index in [1.165, 1.54) is 38.7 Å². The van der Waals surface area contributed by atoms with Crippen LogP contribution in [0.5, 0.6) is 0 Å². The normalized spacial score (nSPS) is 20.5. The summed E-state index contributed by atoms with van der Waals surface area (Å²) in [4.78, 5) is 5.98. The minimum atomic E-state index is -0.565. The molecule has 1 aromatic heterocycles. The maximum absolute atomic E-state index is 7.28. The second kappa shape index (κ2) is 8.96. The van der Waals surface area contributed by atoms with E-state index in [2.05, 4.69) is 131 Å². The number of hydrogen-bond acceptors (Lipinski definition) is 2. The third-order valence-electron chi connectivity index (χ3n) is 7.57. The Morgan fingerprint density at radius 2 is 1.43 bits per heavy atom. The van der Waals surface area contributed by atoms with E-state index >= 15 is 0 Å². The molecule has 182 valence electrons. The Morgan fingerprint density at radius 1 is 0.857 bits per heavy atom. The van der Waals surface area contributed by atoms with Crippen molar-refractivity contribution in [1.29, 1.82) is 0 Å². The fraction of sp³-hybridized carbons (Fsp3) is 0.375. The highest BCUT2D eigenvalue weighted by Crippen LogP contribution is 2.49. The van der Waals surface area contributed by atoms with Crippen LogP contribution in [0.1, 0.15) is 55.0 Å². The first-order chi connectivity index (χ1) is 16.7. The monoisotopic (exact) mass is 466 g/mol. The fourth-order valence-corrected chi connectivity index (χ4v) is 5.66. The smallest absolute Gasteiger partial charge is 0.136 e. The van der Waals surface area contributed by atoms with Crippen molar-refractivity contribution >= 4 is 10.9 Å². The summed E-state index contributed by atoms with van der Waals surface area (Å²) in [5, 5.41) is 1.29. The van der Waals surface area contributed by atoms with E-state index in [-0.39, 0.29) is 17.7 Å². The van der Waals surface area contributed by atoms with Gasteiger partial charge in [-0.25, -0.2) is 0 Å². The van der Waals surface area contributed by atoms with Gasteiger partial charge >= 0.3 is 0 Å². The summed E-state index contributed by atoms with van der Waals surface area (Å²) in [7, 11) is 2.25. The molecule has 0 saturated carbocycles. The molecule has 0 amide bonds. The third-order valence-corrected chi connectivity index (χ3v) is 7.57. The van der Waals surface area contributed by atoms with Gasteiger partial charge in [0.05, 0.1) is 6.04 Å². The van der Waals surface area contributed by atoms with Crippen molar-refractivity contribution in [3.05, 3.63) is 107 Å². The largest absolute Gasteiger partial charge is 0.361 e. The van der Waals surface area contributed by atoms with Crippen LogP contribution in [0.3, 0.4) is 0 Å². The molecule has 1 aliphatic heterocycles. The number of fused-ring (bicyclic) bond motifs is 1. The van der Waals surface area contributed by atoms with Crippen LogP contribution in [-0.2, 0) is 16.8 Å². The second-order valence-corrected chi connectivity index (χ2v) is 11.5. The predicted octanol–water partition coefficient (Wildman–Crippen LogP) is 7.36. The van der Waals surface area contributed by atoms with Gasteiger partial charge in [-0.15, -0.1) is 0 Å². The molecule has 1 N–H and O–H groups in total. The van der Waals surface area contributed by atoms with E-state index in [9.17, 15) is 0 Å². The molecule has 2 heterocycles. The standard InChI is InChI=1S/C32H38N2O/c1-22-11-15-25(16-12-22)32(26-17-13-23(2)14-18-26)29(34(6)30(35-32)20-31(3,4)5)19-24-21-33-28-10-8-7-9-27(24)28/h7-18,21,29-30,33H,19-20H2,1-6H3/t29-,30-/m0/s1. The predicted molar refractivity (Wildman–Crippen MR) is 146 cm³/mol. The van der Waals surface area contributed by atoms with Gasteiger partial charge in [-0.1, -0.05) is 98.6 Å². The van der Waals surface area contributed by atoms with E-state index in [4.69, 9.17) is 4.74 Å². The van der Waals surface area contributed by atoms with E-state index in [0.717, 1.165) is 12.8 Å². The highest BCUT2D eigenvalue weighted by atomic mass is 16.5. The number of likely N-dealkylation sites (N-methyl/N-ethyl adjacent to an activating group) is 1.